The van der Waals surface area contributed by atoms with Gasteiger partial charge in [0.25, 0.3) is 0 Å². The van der Waals surface area contributed by atoms with Crippen LogP contribution in [-0.2, 0) is 14.3 Å². The average Bonchev–Trinajstić information content (AvgIpc) is 2.38. The van der Waals surface area contributed by atoms with Gasteiger partial charge in [-0.25, -0.2) is 0 Å². The summed E-state index contributed by atoms with van der Waals surface area (Å²) in [6, 6.07) is 0. The summed E-state index contributed by atoms with van der Waals surface area (Å²) in [4.78, 5) is 11.2. The summed E-state index contributed by atoms with van der Waals surface area (Å²) >= 11 is 0. The molecule has 1 aliphatic rings. The van der Waals surface area contributed by atoms with E-state index in [-0.39, 0.29) is 24.1 Å². The lowest BCUT2D eigenvalue weighted by atomic mass is 9.96. The molecule has 3 atom stereocenters. The van der Waals surface area contributed by atoms with E-state index in [1.54, 1.807) is 0 Å². The van der Waals surface area contributed by atoms with Gasteiger partial charge in [0.2, 0.25) is 0 Å². The molecular formula is C16H26O3. The van der Waals surface area contributed by atoms with Crippen LogP contribution in [0.5, 0.6) is 0 Å². The molecule has 0 aliphatic carbocycles. The Kier molecular flexibility index (Phi) is 6.29. The highest BCUT2D eigenvalue weighted by molar-refractivity contribution is 5.69. The zero-order chi connectivity index (χ0) is 14.4. The Morgan fingerprint density at radius 2 is 2.32 bits per heavy atom. The van der Waals surface area contributed by atoms with Crippen molar-refractivity contribution in [3.8, 4) is 0 Å². The molecule has 1 heterocycles. The maximum atomic E-state index is 11.2. The summed E-state index contributed by atoms with van der Waals surface area (Å²) in [7, 11) is 1.43. The van der Waals surface area contributed by atoms with E-state index < -0.39 is 0 Å². The van der Waals surface area contributed by atoms with E-state index in [4.69, 9.17) is 4.74 Å². The van der Waals surface area contributed by atoms with Crippen molar-refractivity contribution in [3.63, 3.8) is 0 Å². The molecule has 0 fully saturated rings. The maximum absolute atomic E-state index is 11.2. The molecule has 3 nitrogen and oxygen atoms in total. The molecule has 0 spiro atoms. The number of methoxy groups -OCH3 is 1. The van der Waals surface area contributed by atoms with Gasteiger partial charge in [0.15, 0.2) is 0 Å². The van der Waals surface area contributed by atoms with Crippen LogP contribution in [-0.4, -0.2) is 25.3 Å². The van der Waals surface area contributed by atoms with Gasteiger partial charge >= 0.3 is 5.97 Å². The largest absolute Gasteiger partial charge is 0.469 e. The van der Waals surface area contributed by atoms with Gasteiger partial charge in [0, 0.05) is 0 Å². The van der Waals surface area contributed by atoms with E-state index in [9.17, 15) is 4.79 Å². The van der Waals surface area contributed by atoms with E-state index >= 15 is 0 Å². The minimum Gasteiger partial charge on any atom is -0.469 e. The van der Waals surface area contributed by atoms with Crippen LogP contribution in [0.2, 0.25) is 0 Å². The zero-order valence-corrected chi connectivity index (χ0v) is 12.7. The first-order valence-electron chi connectivity index (χ1n) is 7.05. The summed E-state index contributed by atoms with van der Waals surface area (Å²) in [6.45, 7) is 8.38. The van der Waals surface area contributed by atoms with Gasteiger partial charge in [-0.05, 0) is 43.8 Å². The first-order chi connectivity index (χ1) is 8.97. The van der Waals surface area contributed by atoms with E-state index in [1.807, 2.05) is 6.92 Å². The molecule has 0 amide bonds. The van der Waals surface area contributed by atoms with E-state index in [2.05, 4.69) is 37.7 Å². The van der Waals surface area contributed by atoms with Crippen LogP contribution in [0.3, 0.4) is 0 Å². The van der Waals surface area contributed by atoms with Crippen molar-refractivity contribution >= 4 is 5.97 Å². The second-order valence-electron chi connectivity index (χ2n) is 5.37. The molecule has 0 saturated carbocycles. The normalized spacial score (nSPS) is 25.7. The average molecular weight is 266 g/mol. The molecule has 0 saturated heterocycles. The van der Waals surface area contributed by atoms with E-state index in [0.717, 1.165) is 12.8 Å². The smallest absolute Gasteiger partial charge is 0.306 e. The topological polar surface area (TPSA) is 35.5 Å². The number of allylic oxidation sites excluding steroid dienone is 1. The molecule has 0 radical (unpaired) electrons. The van der Waals surface area contributed by atoms with Crippen LogP contribution in [0.25, 0.3) is 0 Å². The molecule has 1 aliphatic heterocycles. The van der Waals surface area contributed by atoms with Crippen molar-refractivity contribution in [1.29, 1.82) is 0 Å². The number of hydrogen-bond acceptors (Lipinski definition) is 3. The Bertz CT molecular complexity index is 368. The van der Waals surface area contributed by atoms with Gasteiger partial charge in [-0.3, -0.25) is 4.79 Å². The van der Waals surface area contributed by atoms with E-state index in [1.165, 1.54) is 18.3 Å². The Hall–Kier alpha value is -1.09. The zero-order valence-electron chi connectivity index (χ0n) is 12.7. The Morgan fingerprint density at radius 3 is 2.89 bits per heavy atom. The molecule has 108 valence electrons. The van der Waals surface area contributed by atoms with Crippen molar-refractivity contribution in [2.75, 3.05) is 7.11 Å². The summed E-state index contributed by atoms with van der Waals surface area (Å²) < 4.78 is 10.8. The predicted octanol–water partition coefficient (Wildman–Crippen LogP) is 3.65. The predicted molar refractivity (Wildman–Crippen MR) is 76.9 cm³/mol. The van der Waals surface area contributed by atoms with Gasteiger partial charge in [-0.1, -0.05) is 26.0 Å². The minimum atomic E-state index is -0.164. The van der Waals surface area contributed by atoms with Crippen molar-refractivity contribution < 1.29 is 14.3 Å². The number of carbonyl (C=O) groups is 1. The Balaban J connectivity index is 2.62. The number of hydrogen-bond donors (Lipinski definition) is 0. The van der Waals surface area contributed by atoms with Crippen LogP contribution in [0.1, 0.15) is 47.0 Å². The molecule has 0 N–H and O–H groups in total. The third kappa shape index (κ3) is 4.83. The third-order valence-corrected chi connectivity index (χ3v) is 3.63. The quantitative estimate of drug-likeness (QED) is 0.563. The van der Waals surface area contributed by atoms with Crippen LogP contribution >= 0.6 is 0 Å². The lowest BCUT2D eigenvalue weighted by molar-refractivity contribution is -0.141. The highest BCUT2D eigenvalue weighted by Crippen LogP contribution is 2.26. The van der Waals surface area contributed by atoms with Gasteiger partial charge in [0.05, 0.1) is 25.7 Å². The molecule has 1 rings (SSSR count). The molecule has 0 unspecified atom stereocenters. The van der Waals surface area contributed by atoms with Crippen molar-refractivity contribution in [1.82, 2.24) is 0 Å². The molecule has 0 aromatic heterocycles. The number of carbonyl (C=O) groups excluding carboxylic acids is 1. The Labute approximate surface area is 116 Å². The monoisotopic (exact) mass is 266 g/mol. The summed E-state index contributed by atoms with van der Waals surface area (Å²) in [5.74, 6) is 0.0198. The minimum absolute atomic E-state index is 0.147. The molecule has 0 bridgehead atoms. The van der Waals surface area contributed by atoms with Gasteiger partial charge in [-0.2, -0.15) is 0 Å². The van der Waals surface area contributed by atoms with Crippen LogP contribution in [0.4, 0.5) is 0 Å². The fourth-order valence-electron chi connectivity index (χ4n) is 2.46. The molecule has 3 heteroatoms. The van der Waals surface area contributed by atoms with Gasteiger partial charge in [0.1, 0.15) is 0 Å². The fourth-order valence-corrected chi connectivity index (χ4v) is 2.46. The van der Waals surface area contributed by atoms with Crippen LogP contribution < -0.4 is 0 Å². The summed E-state index contributed by atoms with van der Waals surface area (Å²) in [6.07, 6.45) is 7.13. The van der Waals surface area contributed by atoms with Crippen LogP contribution in [0, 0.1) is 5.92 Å². The second kappa shape index (κ2) is 7.49. The first kappa shape index (κ1) is 16.0. The third-order valence-electron chi connectivity index (χ3n) is 3.63. The summed E-state index contributed by atoms with van der Waals surface area (Å²) in [5.41, 5.74) is 2.53. The Morgan fingerprint density at radius 1 is 1.63 bits per heavy atom. The standard InChI is InChI=1S/C16H26O3/c1-6-14-12(3)7-8-15(19-14)13(4)9-11(2)10-16(17)18-5/h7,9,11,14-15H,6,8,10H2,1-5H3/b13-9+/t11-,14+,15+/m0/s1. The lowest BCUT2D eigenvalue weighted by Crippen LogP contribution is -2.27. The maximum Gasteiger partial charge on any atom is 0.306 e. The highest BCUT2D eigenvalue weighted by atomic mass is 16.5. The van der Waals surface area contributed by atoms with Gasteiger partial charge < -0.3 is 9.47 Å². The highest BCUT2D eigenvalue weighted by Gasteiger charge is 2.22. The molecule has 0 aromatic carbocycles. The number of esters is 1. The SMILES string of the molecule is CC[C@H]1O[C@@H](/C(C)=C/[C@H](C)CC(=O)OC)CC=C1C. The van der Waals surface area contributed by atoms with E-state index in [0.29, 0.717) is 6.42 Å². The number of ether oxygens (including phenoxy) is 2. The summed E-state index contributed by atoms with van der Waals surface area (Å²) in [5, 5.41) is 0. The van der Waals surface area contributed by atoms with Crippen molar-refractivity contribution in [2.45, 2.75) is 59.2 Å². The van der Waals surface area contributed by atoms with Gasteiger partial charge in [-0.15, -0.1) is 0 Å². The molecule has 19 heavy (non-hydrogen) atoms. The molecular weight excluding hydrogens is 240 g/mol. The molecule has 0 aromatic rings. The van der Waals surface area contributed by atoms with Crippen LogP contribution in [0.15, 0.2) is 23.3 Å². The van der Waals surface area contributed by atoms with Crippen molar-refractivity contribution in [3.05, 3.63) is 23.3 Å². The van der Waals surface area contributed by atoms with Crippen molar-refractivity contribution in [2.24, 2.45) is 5.92 Å². The number of rotatable bonds is 5. The first-order valence-corrected chi connectivity index (χ1v) is 7.05. The fraction of sp³-hybridized carbons (Fsp3) is 0.688. The second-order valence-corrected chi connectivity index (χ2v) is 5.37. The lowest BCUT2D eigenvalue weighted by Gasteiger charge is -2.30.